The molecule has 0 saturated carbocycles. The zero-order valence-corrected chi connectivity index (χ0v) is 23.1. The minimum absolute atomic E-state index is 0.197. The van der Waals surface area contributed by atoms with Crippen molar-refractivity contribution >= 4 is 39.0 Å². The van der Waals surface area contributed by atoms with Crippen molar-refractivity contribution in [1.82, 2.24) is 14.9 Å². The lowest BCUT2D eigenvalue weighted by Crippen LogP contribution is -2.48. The number of benzene rings is 3. The molecule has 0 aliphatic carbocycles. The molecule has 0 N–H and O–H groups in total. The Morgan fingerprint density at radius 2 is 1.47 bits per heavy atom. The first-order valence-electron chi connectivity index (χ1n) is 13.3. The molecular formula is C32H31ClN4S. The molecule has 1 saturated heterocycles. The van der Waals surface area contributed by atoms with Gasteiger partial charge in [0.05, 0.1) is 11.4 Å². The van der Waals surface area contributed by atoms with E-state index in [0.29, 0.717) is 0 Å². The number of fused-ring (bicyclic) bond motifs is 1. The number of halogens is 1. The minimum atomic E-state index is 0.197. The highest BCUT2D eigenvalue weighted by atomic mass is 35.5. The molecule has 0 amide bonds. The van der Waals surface area contributed by atoms with Crippen molar-refractivity contribution in [2.45, 2.75) is 25.8 Å². The zero-order chi connectivity index (χ0) is 25.9. The molecule has 1 unspecified atom stereocenters. The van der Waals surface area contributed by atoms with E-state index in [1.807, 2.05) is 12.1 Å². The first-order valence-corrected chi connectivity index (χ1v) is 14.5. The number of aryl methyl sites for hydroxylation is 1. The minimum Gasteiger partial charge on any atom is -0.353 e. The lowest BCUT2D eigenvalue weighted by Gasteiger charge is -2.40. The Hall–Kier alpha value is -3.25. The van der Waals surface area contributed by atoms with Gasteiger partial charge in [-0.3, -0.25) is 4.90 Å². The van der Waals surface area contributed by atoms with Crippen LogP contribution in [0.15, 0.2) is 91.0 Å². The van der Waals surface area contributed by atoms with E-state index in [4.69, 9.17) is 21.6 Å². The Kier molecular flexibility index (Phi) is 7.41. The van der Waals surface area contributed by atoms with Crippen LogP contribution < -0.4 is 4.90 Å². The Morgan fingerprint density at radius 3 is 2.16 bits per heavy atom. The summed E-state index contributed by atoms with van der Waals surface area (Å²) in [6.07, 6.45) is 1.76. The van der Waals surface area contributed by atoms with E-state index in [2.05, 4.69) is 95.6 Å². The molecule has 1 aliphatic rings. The Balaban J connectivity index is 1.29. The summed E-state index contributed by atoms with van der Waals surface area (Å²) in [7, 11) is 0. The predicted molar refractivity (Wildman–Crippen MR) is 160 cm³/mol. The maximum atomic E-state index is 6.23. The van der Waals surface area contributed by atoms with Gasteiger partial charge >= 0.3 is 0 Å². The van der Waals surface area contributed by atoms with Crippen LogP contribution in [0.2, 0.25) is 5.02 Å². The first-order chi connectivity index (χ1) is 18.7. The standard InChI is InChI=1S/C32H31ClN4S/c1-2-27-22-28-31(34-29(35-32(28)38-27)21-23-9-5-3-6-10-23)37-19-17-36(18-20-37)30(24-11-7-4-8-12-24)25-13-15-26(33)16-14-25/h3-16,22,30H,2,17-21H2,1H3. The number of hydrogen-bond acceptors (Lipinski definition) is 5. The second-order valence-electron chi connectivity index (χ2n) is 9.80. The molecule has 4 nitrogen and oxygen atoms in total. The van der Waals surface area contributed by atoms with Gasteiger partial charge in [0.25, 0.3) is 0 Å². The SMILES string of the molecule is CCc1cc2c(N3CCN(C(c4ccccc4)c4ccc(Cl)cc4)CC3)nc(Cc3ccccc3)nc2s1. The van der Waals surface area contributed by atoms with Crippen molar-refractivity contribution in [2.75, 3.05) is 31.1 Å². The largest absolute Gasteiger partial charge is 0.353 e. The van der Waals surface area contributed by atoms with Crippen LogP contribution in [0.4, 0.5) is 5.82 Å². The molecule has 0 spiro atoms. The van der Waals surface area contributed by atoms with Crippen LogP contribution in [0.1, 0.15) is 40.4 Å². The maximum Gasteiger partial charge on any atom is 0.141 e. The normalized spacial score (nSPS) is 15.2. The number of anilines is 1. The lowest BCUT2D eigenvalue weighted by molar-refractivity contribution is 0.212. The summed E-state index contributed by atoms with van der Waals surface area (Å²) in [6.45, 7) is 5.96. The van der Waals surface area contributed by atoms with E-state index in [9.17, 15) is 0 Å². The summed E-state index contributed by atoms with van der Waals surface area (Å²) < 4.78 is 0. The second kappa shape index (κ2) is 11.2. The monoisotopic (exact) mass is 538 g/mol. The van der Waals surface area contributed by atoms with Gasteiger partial charge in [0.15, 0.2) is 0 Å². The lowest BCUT2D eigenvalue weighted by atomic mass is 9.96. The third kappa shape index (κ3) is 5.32. The number of rotatable bonds is 7. The molecule has 0 radical (unpaired) electrons. The van der Waals surface area contributed by atoms with Gasteiger partial charge in [0.2, 0.25) is 0 Å². The summed E-state index contributed by atoms with van der Waals surface area (Å²) in [4.78, 5) is 17.6. The van der Waals surface area contributed by atoms with E-state index in [1.165, 1.54) is 27.0 Å². The second-order valence-corrected chi connectivity index (χ2v) is 11.4. The third-order valence-corrected chi connectivity index (χ3v) is 8.73. The highest BCUT2D eigenvalue weighted by Gasteiger charge is 2.28. The zero-order valence-electron chi connectivity index (χ0n) is 21.6. The molecule has 2 aromatic heterocycles. The fourth-order valence-corrected chi connectivity index (χ4v) is 6.47. The van der Waals surface area contributed by atoms with Crippen molar-refractivity contribution in [1.29, 1.82) is 0 Å². The number of aromatic nitrogens is 2. The van der Waals surface area contributed by atoms with E-state index in [1.54, 1.807) is 11.3 Å². The van der Waals surface area contributed by atoms with Gasteiger partial charge in [-0.1, -0.05) is 91.3 Å². The maximum absolute atomic E-state index is 6.23. The van der Waals surface area contributed by atoms with Crippen molar-refractivity contribution in [3.63, 3.8) is 0 Å². The number of thiophene rings is 1. The molecule has 3 heterocycles. The fraction of sp³-hybridized carbons (Fsp3) is 0.250. The van der Waals surface area contributed by atoms with Crippen molar-refractivity contribution in [3.8, 4) is 0 Å². The van der Waals surface area contributed by atoms with Crippen LogP contribution in [0, 0.1) is 0 Å². The molecular weight excluding hydrogens is 508 g/mol. The summed E-state index contributed by atoms with van der Waals surface area (Å²) in [5.41, 5.74) is 3.82. The molecule has 1 aliphatic heterocycles. The van der Waals surface area contributed by atoms with Gasteiger partial charge in [-0.15, -0.1) is 11.3 Å². The smallest absolute Gasteiger partial charge is 0.141 e. The van der Waals surface area contributed by atoms with Gasteiger partial charge in [0.1, 0.15) is 16.5 Å². The first kappa shape index (κ1) is 25.1. The molecule has 3 aromatic carbocycles. The molecule has 38 heavy (non-hydrogen) atoms. The van der Waals surface area contributed by atoms with Crippen molar-refractivity contribution in [3.05, 3.63) is 123 Å². The topological polar surface area (TPSA) is 32.3 Å². The summed E-state index contributed by atoms with van der Waals surface area (Å²) in [5, 5.41) is 1.96. The quantitative estimate of drug-likeness (QED) is 0.216. The fourth-order valence-electron chi connectivity index (χ4n) is 5.36. The van der Waals surface area contributed by atoms with Crippen molar-refractivity contribution in [2.24, 2.45) is 0 Å². The van der Waals surface area contributed by atoms with Crippen molar-refractivity contribution < 1.29 is 0 Å². The van der Waals surface area contributed by atoms with Crippen LogP contribution in [-0.2, 0) is 12.8 Å². The van der Waals surface area contributed by atoms with Gasteiger partial charge in [-0.05, 0) is 41.3 Å². The van der Waals surface area contributed by atoms with E-state index < -0.39 is 0 Å². The molecule has 192 valence electrons. The Labute approximate surface area is 233 Å². The molecule has 6 rings (SSSR count). The van der Waals surface area contributed by atoms with Crippen LogP contribution in [0.25, 0.3) is 10.2 Å². The van der Waals surface area contributed by atoms with E-state index in [0.717, 1.165) is 60.5 Å². The van der Waals surface area contributed by atoms with Crippen LogP contribution in [0.5, 0.6) is 0 Å². The van der Waals surface area contributed by atoms with Crippen LogP contribution in [-0.4, -0.2) is 41.0 Å². The highest BCUT2D eigenvalue weighted by molar-refractivity contribution is 7.18. The molecule has 1 fully saturated rings. The number of hydrogen-bond donors (Lipinski definition) is 0. The number of piperazine rings is 1. The molecule has 6 heteroatoms. The Bertz CT molecular complexity index is 1490. The predicted octanol–water partition coefficient (Wildman–Crippen LogP) is 7.41. The van der Waals surface area contributed by atoms with E-state index in [-0.39, 0.29) is 6.04 Å². The molecule has 0 bridgehead atoms. The Morgan fingerprint density at radius 1 is 0.816 bits per heavy atom. The number of nitrogens with zero attached hydrogens (tertiary/aromatic N) is 4. The third-order valence-electron chi connectivity index (χ3n) is 7.30. The molecule has 1 atom stereocenters. The average Bonchev–Trinajstić information content (AvgIpc) is 3.39. The van der Waals surface area contributed by atoms with Gasteiger partial charge in [-0.25, -0.2) is 9.97 Å². The average molecular weight is 539 g/mol. The van der Waals surface area contributed by atoms with Gasteiger partial charge in [-0.2, -0.15) is 0 Å². The summed E-state index contributed by atoms with van der Waals surface area (Å²) in [5.74, 6) is 1.98. The summed E-state index contributed by atoms with van der Waals surface area (Å²) >= 11 is 8.03. The van der Waals surface area contributed by atoms with Gasteiger partial charge < -0.3 is 4.90 Å². The van der Waals surface area contributed by atoms with Crippen LogP contribution >= 0.6 is 22.9 Å². The molecule has 5 aromatic rings. The van der Waals surface area contributed by atoms with Crippen LogP contribution in [0.3, 0.4) is 0 Å². The van der Waals surface area contributed by atoms with E-state index >= 15 is 0 Å². The highest BCUT2D eigenvalue weighted by Crippen LogP contribution is 2.35. The summed E-state index contributed by atoms with van der Waals surface area (Å²) in [6, 6.07) is 32.1. The van der Waals surface area contributed by atoms with Gasteiger partial charge in [0, 0.05) is 42.5 Å².